The normalized spacial score (nSPS) is 10.3. The van der Waals surface area contributed by atoms with E-state index in [1.54, 1.807) is 18.2 Å². The highest BCUT2D eigenvalue weighted by molar-refractivity contribution is 6.07. The van der Waals surface area contributed by atoms with Gasteiger partial charge in [-0.2, -0.15) is 0 Å². The lowest BCUT2D eigenvalue weighted by molar-refractivity contribution is -0.134. The lowest BCUT2D eigenvalue weighted by atomic mass is 10.1. The summed E-state index contributed by atoms with van der Waals surface area (Å²) in [6.07, 6.45) is 3.12. The Morgan fingerprint density at radius 3 is 2.50 bits per heavy atom. The van der Waals surface area contributed by atoms with E-state index in [0.717, 1.165) is 18.6 Å². The highest BCUT2D eigenvalue weighted by atomic mass is 16.5. The van der Waals surface area contributed by atoms with E-state index >= 15 is 0 Å². The number of methoxy groups -OCH3 is 2. The third-order valence-corrected chi connectivity index (χ3v) is 2.48. The van der Waals surface area contributed by atoms with Crippen molar-refractivity contribution < 1.29 is 23.8 Å². The molecule has 0 aliphatic rings. The second-order valence-electron chi connectivity index (χ2n) is 3.93. The van der Waals surface area contributed by atoms with Crippen LogP contribution in [0.5, 0.6) is 11.5 Å². The lowest BCUT2D eigenvalue weighted by Crippen LogP contribution is -2.01. The van der Waals surface area contributed by atoms with Crippen LogP contribution >= 0.6 is 0 Å². The molecule has 0 unspecified atom stereocenters. The molecule has 5 nitrogen and oxygen atoms in total. The van der Waals surface area contributed by atoms with E-state index in [2.05, 4.69) is 4.74 Å². The molecule has 5 heteroatoms. The predicted molar refractivity (Wildman–Crippen MR) is 74.3 cm³/mol. The molecule has 0 N–H and O–H groups in total. The molecule has 0 saturated heterocycles. The van der Waals surface area contributed by atoms with Crippen LogP contribution in [0.1, 0.15) is 23.7 Å². The van der Waals surface area contributed by atoms with Gasteiger partial charge in [-0.05, 0) is 30.7 Å². The summed E-state index contributed by atoms with van der Waals surface area (Å²) < 4.78 is 15.1. The van der Waals surface area contributed by atoms with Crippen LogP contribution in [0.25, 0.3) is 0 Å². The number of hydrogen-bond acceptors (Lipinski definition) is 5. The van der Waals surface area contributed by atoms with Gasteiger partial charge in [-0.25, -0.2) is 4.79 Å². The van der Waals surface area contributed by atoms with Gasteiger partial charge in [0.1, 0.15) is 0 Å². The van der Waals surface area contributed by atoms with Crippen molar-refractivity contribution in [2.45, 2.75) is 13.3 Å². The molecule has 0 heterocycles. The van der Waals surface area contributed by atoms with Crippen LogP contribution < -0.4 is 9.47 Å². The molecule has 108 valence electrons. The number of rotatable bonds is 7. The van der Waals surface area contributed by atoms with E-state index in [9.17, 15) is 9.59 Å². The first kappa shape index (κ1) is 15.8. The van der Waals surface area contributed by atoms with Crippen LogP contribution in [-0.4, -0.2) is 32.6 Å². The molecule has 1 rings (SSSR count). The van der Waals surface area contributed by atoms with Gasteiger partial charge in [0.05, 0.1) is 20.8 Å². The Kier molecular flexibility index (Phi) is 6.29. The smallest absolute Gasteiger partial charge is 0.330 e. The summed E-state index contributed by atoms with van der Waals surface area (Å²) in [5.74, 6) is 0.183. The van der Waals surface area contributed by atoms with Gasteiger partial charge in [0.2, 0.25) is 0 Å². The average Bonchev–Trinajstić information content (AvgIpc) is 2.49. The van der Waals surface area contributed by atoms with Crippen molar-refractivity contribution >= 4 is 11.8 Å². The molecule has 0 radical (unpaired) electrons. The summed E-state index contributed by atoms with van der Waals surface area (Å²) >= 11 is 0. The Bertz CT molecular complexity index is 505. The highest BCUT2D eigenvalue weighted by Crippen LogP contribution is 2.28. The average molecular weight is 278 g/mol. The molecule has 20 heavy (non-hydrogen) atoms. The van der Waals surface area contributed by atoms with Crippen molar-refractivity contribution in [1.82, 2.24) is 0 Å². The number of carbonyl (C=O) groups excluding carboxylic acids is 2. The summed E-state index contributed by atoms with van der Waals surface area (Å²) in [6, 6.07) is 4.88. The molecule has 0 aliphatic carbocycles. The van der Waals surface area contributed by atoms with E-state index in [1.165, 1.54) is 14.2 Å². The van der Waals surface area contributed by atoms with Crippen LogP contribution in [0.2, 0.25) is 0 Å². The zero-order chi connectivity index (χ0) is 15.0. The van der Waals surface area contributed by atoms with Crippen molar-refractivity contribution in [2.75, 3.05) is 20.8 Å². The SMILES string of the molecule is CCCOc1ccc(C(=O)/C=C/C(=O)OC)cc1OC. The molecule has 0 fully saturated rings. The van der Waals surface area contributed by atoms with Crippen molar-refractivity contribution in [3.05, 3.63) is 35.9 Å². The number of ether oxygens (including phenoxy) is 3. The van der Waals surface area contributed by atoms with E-state index in [1.807, 2.05) is 6.92 Å². The molecule has 0 spiro atoms. The number of carbonyl (C=O) groups is 2. The fraction of sp³-hybridized carbons (Fsp3) is 0.333. The van der Waals surface area contributed by atoms with Gasteiger partial charge in [-0.15, -0.1) is 0 Å². The maximum atomic E-state index is 11.9. The number of hydrogen-bond donors (Lipinski definition) is 0. The summed E-state index contributed by atoms with van der Waals surface area (Å²) in [4.78, 5) is 22.8. The molecule has 0 bridgehead atoms. The van der Waals surface area contributed by atoms with Gasteiger partial charge in [0.25, 0.3) is 0 Å². The minimum absolute atomic E-state index is 0.309. The van der Waals surface area contributed by atoms with Crippen molar-refractivity contribution in [3.8, 4) is 11.5 Å². The topological polar surface area (TPSA) is 61.8 Å². The quantitative estimate of drug-likeness (QED) is 0.435. The predicted octanol–water partition coefficient (Wildman–Crippen LogP) is 2.40. The van der Waals surface area contributed by atoms with E-state index in [0.29, 0.717) is 23.7 Å². The highest BCUT2D eigenvalue weighted by Gasteiger charge is 2.09. The molecule has 1 aromatic rings. The number of benzene rings is 1. The summed E-state index contributed by atoms with van der Waals surface area (Å²) in [5.41, 5.74) is 0.408. The van der Waals surface area contributed by atoms with E-state index in [-0.39, 0.29) is 5.78 Å². The minimum atomic E-state index is -0.576. The Hall–Kier alpha value is -2.30. The summed E-state index contributed by atoms with van der Waals surface area (Å²) in [5, 5.41) is 0. The molecule has 0 saturated carbocycles. The molecule has 0 aliphatic heterocycles. The molecular weight excluding hydrogens is 260 g/mol. The third kappa shape index (κ3) is 4.42. The fourth-order valence-electron chi connectivity index (χ4n) is 1.46. The number of allylic oxidation sites excluding steroid dienone is 1. The Morgan fingerprint density at radius 2 is 1.90 bits per heavy atom. The standard InChI is InChI=1S/C15H18O5/c1-4-9-20-13-7-5-11(10-14(13)18-2)12(16)6-8-15(17)19-3/h5-8,10H,4,9H2,1-3H3/b8-6+. The van der Waals surface area contributed by atoms with Gasteiger partial charge in [-0.1, -0.05) is 6.92 Å². The Labute approximate surface area is 118 Å². The van der Waals surface area contributed by atoms with Crippen LogP contribution in [0.4, 0.5) is 0 Å². The van der Waals surface area contributed by atoms with Crippen molar-refractivity contribution in [2.24, 2.45) is 0 Å². The van der Waals surface area contributed by atoms with Gasteiger partial charge in [0.15, 0.2) is 17.3 Å². The zero-order valence-electron chi connectivity index (χ0n) is 11.8. The number of ketones is 1. The van der Waals surface area contributed by atoms with Crippen LogP contribution in [0.15, 0.2) is 30.4 Å². The second-order valence-corrected chi connectivity index (χ2v) is 3.93. The first-order valence-corrected chi connectivity index (χ1v) is 6.23. The monoisotopic (exact) mass is 278 g/mol. The summed E-state index contributed by atoms with van der Waals surface area (Å²) in [6.45, 7) is 2.58. The van der Waals surface area contributed by atoms with Crippen LogP contribution in [-0.2, 0) is 9.53 Å². The van der Waals surface area contributed by atoms with Crippen LogP contribution in [0.3, 0.4) is 0 Å². The molecule has 0 aromatic heterocycles. The number of esters is 1. The third-order valence-electron chi connectivity index (χ3n) is 2.48. The Morgan fingerprint density at radius 1 is 1.15 bits per heavy atom. The molecule has 1 aromatic carbocycles. The fourth-order valence-corrected chi connectivity index (χ4v) is 1.46. The molecular formula is C15H18O5. The van der Waals surface area contributed by atoms with Crippen molar-refractivity contribution in [1.29, 1.82) is 0 Å². The van der Waals surface area contributed by atoms with Gasteiger partial charge in [0, 0.05) is 11.6 Å². The minimum Gasteiger partial charge on any atom is -0.493 e. The first-order chi connectivity index (χ1) is 9.62. The molecule has 0 atom stereocenters. The zero-order valence-corrected chi connectivity index (χ0v) is 11.8. The van der Waals surface area contributed by atoms with Gasteiger partial charge in [-0.3, -0.25) is 4.79 Å². The maximum Gasteiger partial charge on any atom is 0.330 e. The Balaban J connectivity index is 2.89. The second kappa shape index (κ2) is 7.99. The largest absolute Gasteiger partial charge is 0.493 e. The summed E-state index contributed by atoms with van der Waals surface area (Å²) in [7, 11) is 2.76. The van der Waals surface area contributed by atoms with Crippen LogP contribution in [0, 0.1) is 0 Å². The lowest BCUT2D eigenvalue weighted by Gasteiger charge is -2.10. The van der Waals surface area contributed by atoms with E-state index < -0.39 is 5.97 Å². The van der Waals surface area contributed by atoms with Crippen molar-refractivity contribution in [3.63, 3.8) is 0 Å². The molecule has 0 amide bonds. The first-order valence-electron chi connectivity index (χ1n) is 6.23. The van der Waals surface area contributed by atoms with Gasteiger partial charge >= 0.3 is 5.97 Å². The van der Waals surface area contributed by atoms with Gasteiger partial charge < -0.3 is 14.2 Å². The maximum absolute atomic E-state index is 11.9. The van der Waals surface area contributed by atoms with E-state index in [4.69, 9.17) is 9.47 Å².